The SMILES string of the molecule is Cc1cc(Nc2ncn(-c3cc(F)cc(F)c3)n2)cc(N2CCN(CC3CCCO3)CC2)c1. The Morgan fingerprint density at radius 2 is 1.79 bits per heavy atom. The summed E-state index contributed by atoms with van der Waals surface area (Å²) < 4.78 is 34.2. The molecule has 0 spiro atoms. The highest BCUT2D eigenvalue weighted by Crippen LogP contribution is 2.26. The Balaban J connectivity index is 1.24. The summed E-state index contributed by atoms with van der Waals surface area (Å²) in [6.07, 6.45) is 4.17. The fourth-order valence-electron chi connectivity index (χ4n) is 4.53. The lowest BCUT2D eigenvalue weighted by atomic mass is 10.1. The van der Waals surface area contributed by atoms with E-state index in [9.17, 15) is 8.78 Å². The topological polar surface area (TPSA) is 58.5 Å². The molecule has 1 unspecified atom stereocenters. The summed E-state index contributed by atoms with van der Waals surface area (Å²) in [5.41, 5.74) is 3.43. The summed E-state index contributed by atoms with van der Waals surface area (Å²) in [6.45, 7) is 7.96. The molecule has 5 rings (SSSR count). The van der Waals surface area contributed by atoms with Gasteiger partial charge in [-0.2, -0.15) is 4.98 Å². The van der Waals surface area contributed by atoms with Crippen LogP contribution in [0.3, 0.4) is 0 Å². The molecule has 9 heteroatoms. The van der Waals surface area contributed by atoms with Gasteiger partial charge in [0, 0.05) is 56.8 Å². The first kappa shape index (κ1) is 21.8. The lowest BCUT2D eigenvalue weighted by Crippen LogP contribution is -2.48. The summed E-state index contributed by atoms with van der Waals surface area (Å²) in [5.74, 6) is -0.957. The Morgan fingerprint density at radius 3 is 2.52 bits per heavy atom. The Labute approximate surface area is 192 Å². The predicted molar refractivity (Wildman–Crippen MR) is 123 cm³/mol. The third kappa shape index (κ3) is 5.31. The molecule has 0 aliphatic carbocycles. The maximum Gasteiger partial charge on any atom is 0.246 e. The number of piperazine rings is 1. The summed E-state index contributed by atoms with van der Waals surface area (Å²) in [5, 5.41) is 7.53. The third-order valence-corrected chi connectivity index (χ3v) is 6.15. The van der Waals surface area contributed by atoms with Crippen LogP contribution in [0.15, 0.2) is 42.7 Å². The molecule has 3 aromatic rings. The summed E-state index contributed by atoms with van der Waals surface area (Å²) in [6, 6.07) is 9.55. The molecule has 0 radical (unpaired) electrons. The molecule has 2 aromatic carbocycles. The van der Waals surface area contributed by atoms with Crippen LogP contribution in [0, 0.1) is 18.6 Å². The molecule has 2 fully saturated rings. The van der Waals surface area contributed by atoms with E-state index in [4.69, 9.17) is 4.74 Å². The van der Waals surface area contributed by atoms with Crippen LogP contribution in [-0.4, -0.2) is 65.1 Å². The molecular formula is C24H28F2N6O. The summed E-state index contributed by atoms with van der Waals surface area (Å²) in [7, 11) is 0. The second-order valence-electron chi connectivity index (χ2n) is 8.75. The first-order chi connectivity index (χ1) is 16.0. The number of halogens is 2. The van der Waals surface area contributed by atoms with Gasteiger partial charge in [-0.15, -0.1) is 5.10 Å². The molecule has 0 amide bonds. The Morgan fingerprint density at radius 1 is 1.00 bits per heavy atom. The van der Waals surface area contributed by atoms with Crippen molar-refractivity contribution in [3.63, 3.8) is 0 Å². The standard InChI is InChI=1S/C24H28F2N6O/c1-17-9-20(28-24-27-16-32(29-24)22-12-18(25)11-19(26)13-22)14-21(10-17)31-6-4-30(5-7-31)15-23-3-2-8-33-23/h9-14,16,23H,2-8,15H2,1H3,(H,28,29). The average molecular weight is 455 g/mol. The van der Waals surface area contributed by atoms with E-state index in [1.54, 1.807) is 0 Å². The van der Waals surface area contributed by atoms with E-state index in [0.717, 1.165) is 62.3 Å². The van der Waals surface area contributed by atoms with Crippen LogP contribution in [0.1, 0.15) is 18.4 Å². The first-order valence-corrected chi connectivity index (χ1v) is 11.4. The number of nitrogens with zero attached hydrogens (tertiary/aromatic N) is 5. The summed E-state index contributed by atoms with van der Waals surface area (Å²) in [4.78, 5) is 9.13. The number of aryl methyl sites for hydroxylation is 1. The average Bonchev–Trinajstić information content (AvgIpc) is 3.45. The van der Waals surface area contributed by atoms with E-state index in [0.29, 0.717) is 12.1 Å². The van der Waals surface area contributed by atoms with Crippen molar-refractivity contribution in [2.24, 2.45) is 0 Å². The van der Waals surface area contributed by atoms with Crippen molar-refractivity contribution in [1.82, 2.24) is 19.7 Å². The highest BCUT2D eigenvalue weighted by molar-refractivity contribution is 5.64. The zero-order chi connectivity index (χ0) is 22.8. The number of hydrogen-bond acceptors (Lipinski definition) is 6. The van der Waals surface area contributed by atoms with Crippen molar-refractivity contribution in [2.45, 2.75) is 25.9 Å². The Kier molecular flexibility index (Phi) is 6.24. The van der Waals surface area contributed by atoms with Crippen molar-refractivity contribution in [2.75, 3.05) is 49.5 Å². The van der Waals surface area contributed by atoms with Gasteiger partial charge in [0.25, 0.3) is 0 Å². The van der Waals surface area contributed by atoms with E-state index in [-0.39, 0.29) is 5.69 Å². The van der Waals surface area contributed by atoms with Gasteiger partial charge in [0.05, 0.1) is 11.8 Å². The van der Waals surface area contributed by atoms with Gasteiger partial charge in [-0.05, 0) is 55.7 Å². The van der Waals surface area contributed by atoms with E-state index >= 15 is 0 Å². The molecule has 2 aliphatic heterocycles. The van der Waals surface area contributed by atoms with Crippen LogP contribution in [0.5, 0.6) is 0 Å². The molecule has 0 bridgehead atoms. The zero-order valence-electron chi connectivity index (χ0n) is 18.7. The van der Waals surface area contributed by atoms with Crippen LogP contribution < -0.4 is 10.2 Å². The summed E-state index contributed by atoms with van der Waals surface area (Å²) >= 11 is 0. The van der Waals surface area contributed by atoms with E-state index in [2.05, 4.69) is 44.3 Å². The van der Waals surface area contributed by atoms with Crippen LogP contribution in [0.25, 0.3) is 5.69 Å². The van der Waals surface area contributed by atoms with Gasteiger partial charge in [0.15, 0.2) is 0 Å². The van der Waals surface area contributed by atoms with Gasteiger partial charge in [-0.3, -0.25) is 4.90 Å². The second-order valence-corrected chi connectivity index (χ2v) is 8.75. The minimum Gasteiger partial charge on any atom is -0.377 e. The fraction of sp³-hybridized carbons (Fsp3) is 0.417. The number of benzene rings is 2. The highest BCUT2D eigenvalue weighted by Gasteiger charge is 2.23. The molecular weight excluding hydrogens is 426 g/mol. The Bertz CT molecular complexity index is 1090. The highest BCUT2D eigenvalue weighted by atomic mass is 19.1. The van der Waals surface area contributed by atoms with Crippen LogP contribution in [-0.2, 0) is 4.74 Å². The van der Waals surface area contributed by atoms with E-state index in [1.807, 2.05) is 6.07 Å². The molecule has 33 heavy (non-hydrogen) atoms. The third-order valence-electron chi connectivity index (χ3n) is 6.15. The van der Waals surface area contributed by atoms with Crippen molar-refractivity contribution < 1.29 is 13.5 Å². The maximum atomic E-state index is 13.5. The minimum absolute atomic E-state index is 0.277. The Hall–Kier alpha value is -3.04. The van der Waals surface area contributed by atoms with Crippen LogP contribution in [0.4, 0.5) is 26.1 Å². The zero-order valence-corrected chi connectivity index (χ0v) is 18.7. The quantitative estimate of drug-likeness (QED) is 0.610. The second kappa shape index (κ2) is 9.44. The van der Waals surface area contributed by atoms with Crippen molar-refractivity contribution in [1.29, 1.82) is 0 Å². The predicted octanol–water partition coefficient (Wildman–Crippen LogP) is 3.90. The number of rotatable bonds is 6. The molecule has 0 saturated carbocycles. The van der Waals surface area contributed by atoms with E-state index < -0.39 is 11.6 Å². The van der Waals surface area contributed by atoms with Crippen LogP contribution in [0.2, 0.25) is 0 Å². The van der Waals surface area contributed by atoms with E-state index in [1.165, 1.54) is 36.0 Å². The first-order valence-electron chi connectivity index (χ1n) is 11.4. The van der Waals surface area contributed by atoms with Gasteiger partial charge in [-0.1, -0.05) is 0 Å². The largest absolute Gasteiger partial charge is 0.377 e. The molecule has 3 heterocycles. The number of hydrogen-bond donors (Lipinski definition) is 1. The van der Waals surface area contributed by atoms with Crippen LogP contribution >= 0.6 is 0 Å². The van der Waals surface area contributed by atoms with Crippen molar-refractivity contribution in [3.8, 4) is 5.69 Å². The molecule has 2 saturated heterocycles. The molecule has 1 aromatic heterocycles. The lowest BCUT2D eigenvalue weighted by molar-refractivity contribution is 0.0713. The number of aromatic nitrogens is 3. The van der Waals surface area contributed by atoms with Gasteiger partial charge in [-0.25, -0.2) is 13.5 Å². The van der Waals surface area contributed by atoms with Gasteiger partial charge < -0.3 is 15.0 Å². The molecule has 2 aliphatic rings. The number of anilines is 3. The number of ether oxygens (including phenoxy) is 1. The van der Waals surface area contributed by atoms with Gasteiger partial charge >= 0.3 is 0 Å². The maximum absolute atomic E-state index is 13.5. The fourth-order valence-corrected chi connectivity index (χ4v) is 4.53. The van der Waals surface area contributed by atoms with Crippen molar-refractivity contribution >= 4 is 17.3 Å². The molecule has 174 valence electrons. The molecule has 7 nitrogen and oxygen atoms in total. The monoisotopic (exact) mass is 454 g/mol. The van der Waals surface area contributed by atoms with Crippen molar-refractivity contribution in [3.05, 3.63) is 59.9 Å². The lowest BCUT2D eigenvalue weighted by Gasteiger charge is -2.37. The molecule has 1 N–H and O–H groups in total. The smallest absolute Gasteiger partial charge is 0.246 e. The minimum atomic E-state index is -0.658. The number of nitrogens with one attached hydrogen (secondary N) is 1. The molecule has 1 atom stereocenters. The van der Waals surface area contributed by atoms with Gasteiger partial charge in [0.2, 0.25) is 5.95 Å². The normalized spacial score (nSPS) is 19.2. The van der Waals surface area contributed by atoms with Gasteiger partial charge in [0.1, 0.15) is 18.0 Å².